The number of benzene rings is 2. The largest absolute Gasteiger partial charge is 0.348 e. The molecule has 3 rings (SSSR count). The maximum Gasteiger partial charge on any atom is 0.251 e. The van der Waals surface area contributed by atoms with Gasteiger partial charge in [-0.2, -0.15) is 4.31 Å². The van der Waals surface area contributed by atoms with Crippen LogP contribution in [0, 0.1) is 6.92 Å². The second-order valence-corrected chi connectivity index (χ2v) is 10.1. The molecule has 1 aliphatic rings. The third-order valence-electron chi connectivity index (χ3n) is 6.05. The van der Waals surface area contributed by atoms with E-state index < -0.39 is 10.0 Å². The summed E-state index contributed by atoms with van der Waals surface area (Å²) in [7, 11) is -1.63. The maximum atomic E-state index is 13.1. The Labute approximate surface area is 186 Å². The minimum absolute atomic E-state index is 0.176. The Bertz CT molecular complexity index is 1040. The van der Waals surface area contributed by atoms with E-state index in [2.05, 4.69) is 42.3 Å². The van der Waals surface area contributed by atoms with Crippen molar-refractivity contribution in [3.63, 3.8) is 0 Å². The number of carbonyl (C=O) groups excluding carboxylic acids is 1. The molecule has 2 aromatic rings. The highest BCUT2D eigenvalue weighted by Crippen LogP contribution is 2.21. The van der Waals surface area contributed by atoms with Crippen LogP contribution in [0.4, 0.5) is 0 Å². The molecule has 1 amide bonds. The van der Waals surface area contributed by atoms with Crippen LogP contribution in [0.3, 0.4) is 0 Å². The number of amides is 1. The molecule has 0 radical (unpaired) electrons. The summed E-state index contributed by atoms with van der Waals surface area (Å²) in [5.41, 5.74) is 4.71. The van der Waals surface area contributed by atoms with Crippen LogP contribution in [0.1, 0.15) is 46.5 Å². The summed E-state index contributed by atoms with van der Waals surface area (Å²) in [5.74, 6) is -0.253. The van der Waals surface area contributed by atoms with Crippen molar-refractivity contribution in [1.29, 1.82) is 0 Å². The van der Waals surface area contributed by atoms with Gasteiger partial charge in [0.2, 0.25) is 10.0 Å². The number of nitrogens with one attached hydrogen (secondary N) is 1. The fraction of sp³-hybridized carbons (Fsp3) is 0.458. The smallest absolute Gasteiger partial charge is 0.251 e. The van der Waals surface area contributed by atoms with Crippen LogP contribution in [-0.2, 0) is 29.4 Å². The molecule has 0 aromatic heterocycles. The van der Waals surface area contributed by atoms with E-state index in [1.54, 1.807) is 12.1 Å². The van der Waals surface area contributed by atoms with E-state index in [9.17, 15) is 13.2 Å². The van der Waals surface area contributed by atoms with Gasteiger partial charge in [-0.3, -0.25) is 4.79 Å². The normalized spacial score (nSPS) is 15.7. The summed E-state index contributed by atoms with van der Waals surface area (Å²) >= 11 is 0. The van der Waals surface area contributed by atoms with Gasteiger partial charge in [0, 0.05) is 38.3 Å². The van der Waals surface area contributed by atoms with Crippen molar-refractivity contribution in [2.24, 2.45) is 0 Å². The predicted molar refractivity (Wildman–Crippen MR) is 124 cm³/mol. The molecule has 168 valence electrons. The standard InChI is InChI=1S/C24H33N3O3S/c1-5-19-8-9-20(6-2)21(15-19)17-25-24(28)23-16-22(10-7-18(23)3)31(29,30)27-13-11-26(4)12-14-27/h7-10,15-16H,5-6,11-14,17H2,1-4H3,(H,25,28). The molecule has 0 bridgehead atoms. The fourth-order valence-electron chi connectivity index (χ4n) is 3.86. The number of piperazine rings is 1. The van der Waals surface area contributed by atoms with Gasteiger partial charge in [0.1, 0.15) is 0 Å². The maximum absolute atomic E-state index is 13.1. The summed E-state index contributed by atoms with van der Waals surface area (Å²) < 4.78 is 27.7. The highest BCUT2D eigenvalue weighted by Gasteiger charge is 2.28. The molecule has 2 aromatic carbocycles. The summed E-state index contributed by atoms with van der Waals surface area (Å²) in [4.78, 5) is 15.3. The van der Waals surface area contributed by atoms with Crippen LogP contribution in [0.25, 0.3) is 0 Å². The van der Waals surface area contributed by atoms with Crippen molar-refractivity contribution in [3.05, 3.63) is 64.2 Å². The van der Waals surface area contributed by atoms with Crippen LogP contribution in [0.2, 0.25) is 0 Å². The van der Waals surface area contributed by atoms with Crippen molar-refractivity contribution < 1.29 is 13.2 Å². The lowest BCUT2D eigenvalue weighted by atomic mass is 10.0. The molecule has 1 aliphatic heterocycles. The number of hydrogen-bond acceptors (Lipinski definition) is 4. The Morgan fingerprint density at radius 1 is 0.968 bits per heavy atom. The Balaban J connectivity index is 1.79. The van der Waals surface area contributed by atoms with Crippen LogP contribution < -0.4 is 5.32 Å². The number of aryl methyl sites for hydroxylation is 3. The van der Waals surface area contributed by atoms with Crippen LogP contribution in [-0.4, -0.2) is 56.8 Å². The molecule has 0 saturated carbocycles. The lowest BCUT2D eigenvalue weighted by molar-refractivity contribution is 0.0950. The first-order chi connectivity index (χ1) is 14.8. The molecule has 0 aliphatic carbocycles. The lowest BCUT2D eigenvalue weighted by Gasteiger charge is -2.31. The van der Waals surface area contributed by atoms with E-state index in [1.807, 2.05) is 14.0 Å². The van der Waals surface area contributed by atoms with Crippen molar-refractivity contribution in [3.8, 4) is 0 Å². The van der Waals surface area contributed by atoms with E-state index in [-0.39, 0.29) is 10.8 Å². The first-order valence-electron chi connectivity index (χ1n) is 10.9. The average Bonchev–Trinajstić information content (AvgIpc) is 2.77. The highest BCUT2D eigenvalue weighted by molar-refractivity contribution is 7.89. The van der Waals surface area contributed by atoms with Gasteiger partial charge in [-0.15, -0.1) is 0 Å². The van der Waals surface area contributed by atoms with Crippen molar-refractivity contribution in [2.45, 2.75) is 45.1 Å². The number of nitrogens with zero attached hydrogens (tertiary/aromatic N) is 2. The monoisotopic (exact) mass is 443 g/mol. The molecule has 1 heterocycles. The second-order valence-electron chi connectivity index (χ2n) is 8.18. The van der Waals surface area contributed by atoms with Crippen molar-refractivity contribution >= 4 is 15.9 Å². The molecule has 31 heavy (non-hydrogen) atoms. The Kier molecular flexibility index (Phi) is 7.51. The van der Waals surface area contributed by atoms with Crippen molar-refractivity contribution in [2.75, 3.05) is 33.2 Å². The van der Waals surface area contributed by atoms with E-state index in [0.29, 0.717) is 38.3 Å². The number of likely N-dealkylation sites (N-methyl/N-ethyl adjacent to an activating group) is 1. The molecule has 0 spiro atoms. The lowest BCUT2D eigenvalue weighted by Crippen LogP contribution is -2.47. The fourth-order valence-corrected chi connectivity index (χ4v) is 5.31. The van der Waals surface area contributed by atoms with Gasteiger partial charge in [0.25, 0.3) is 5.91 Å². The van der Waals surface area contributed by atoms with Crippen LogP contribution in [0.5, 0.6) is 0 Å². The van der Waals surface area contributed by atoms with Gasteiger partial charge >= 0.3 is 0 Å². The average molecular weight is 444 g/mol. The summed E-state index contributed by atoms with van der Waals surface area (Å²) in [6.45, 7) is 8.79. The number of hydrogen-bond donors (Lipinski definition) is 1. The van der Waals surface area contributed by atoms with Gasteiger partial charge in [-0.05, 0) is 61.2 Å². The molecule has 1 saturated heterocycles. The SMILES string of the molecule is CCc1ccc(CC)c(CNC(=O)c2cc(S(=O)(=O)N3CCN(C)CC3)ccc2C)c1. The third kappa shape index (κ3) is 5.34. The molecule has 1 fully saturated rings. The molecular formula is C24H33N3O3S. The predicted octanol–water partition coefficient (Wildman–Crippen LogP) is 2.99. The van der Waals surface area contributed by atoms with Crippen molar-refractivity contribution in [1.82, 2.24) is 14.5 Å². The molecular weight excluding hydrogens is 410 g/mol. The topological polar surface area (TPSA) is 69.7 Å². The minimum Gasteiger partial charge on any atom is -0.348 e. The molecule has 6 nitrogen and oxygen atoms in total. The summed E-state index contributed by atoms with van der Waals surface area (Å²) in [5, 5.41) is 2.99. The first-order valence-corrected chi connectivity index (χ1v) is 12.4. The van der Waals surface area contributed by atoms with Gasteiger partial charge in [0.15, 0.2) is 0 Å². The van der Waals surface area contributed by atoms with E-state index in [1.165, 1.54) is 21.5 Å². The van der Waals surface area contributed by atoms with Gasteiger partial charge in [-0.1, -0.05) is 38.1 Å². The molecule has 1 N–H and O–H groups in total. The zero-order chi connectivity index (χ0) is 22.6. The first kappa shape index (κ1) is 23.4. The van der Waals surface area contributed by atoms with Gasteiger partial charge in [0.05, 0.1) is 4.90 Å². The Morgan fingerprint density at radius 2 is 1.68 bits per heavy atom. The molecule has 7 heteroatoms. The Hall–Kier alpha value is -2.22. The zero-order valence-corrected chi connectivity index (χ0v) is 19.8. The number of carbonyl (C=O) groups is 1. The number of sulfonamides is 1. The van der Waals surface area contributed by atoms with Crippen LogP contribution >= 0.6 is 0 Å². The van der Waals surface area contributed by atoms with Gasteiger partial charge < -0.3 is 10.2 Å². The van der Waals surface area contributed by atoms with Crippen LogP contribution in [0.15, 0.2) is 41.3 Å². The highest BCUT2D eigenvalue weighted by atomic mass is 32.2. The number of rotatable bonds is 7. The minimum atomic E-state index is -3.62. The van der Waals surface area contributed by atoms with Gasteiger partial charge in [-0.25, -0.2) is 8.42 Å². The summed E-state index contributed by atoms with van der Waals surface area (Å²) in [6, 6.07) is 11.2. The second kappa shape index (κ2) is 9.94. The van der Waals surface area contributed by atoms with E-state index in [0.717, 1.165) is 24.0 Å². The zero-order valence-electron chi connectivity index (χ0n) is 18.9. The van der Waals surface area contributed by atoms with E-state index in [4.69, 9.17) is 0 Å². The molecule has 0 unspecified atom stereocenters. The van der Waals surface area contributed by atoms with E-state index >= 15 is 0 Å². The summed E-state index contributed by atoms with van der Waals surface area (Å²) in [6.07, 6.45) is 1.84. The quantitative estimate of drug-likeness (QED) is 0.714. The molecule has 0 atom stereocenters. The third-order valence-corrected chi connectivity index (χ3v) is 7.95. The Morgan fingerprint density at radius 3 is 2.32 bits per heavy atom.